The van der Waals surface area contributed by atoms with Crippen LogP contribution in [0.5, 0.6) is 11.5 Å². The van der Waals surface area contributed by atoms with Crippen LogP contribution in [0.15, 0.2) is 23.2 Å². The van der Waals surface area contributed by atoms with Crippen LogP contribution in [-0.2, 0) is 16.0 Å². The van der Waals surface area contributed by atoms with E-state index in [2.05, 4.69) is 15.6 Å². The Morgan fingerprint density at radius 1 is 1.28 bits per heavy atom. The summed E-state index contributed by atoms with van der Waals surface area (Å²) in [7, 11) is 1.60. The molecule has 1 atom stereocenters. The second-order valence-electron chi connectivity index (χ2n) is 6.39. The number of benzene rings is 1. The molecule has 1 saturated heterocycles. The van der Waals surface area contributed by atoms with E-state index in [1.165, 1.54) is 0 Å². The average Bonchev–Trinajstić information content (AvgIpc) is 3.23. The number of halogens is 1. The summed E-state index contributed by atoms with van der Waals surface area (Å²) in [4.78, 5) is 4.62. The number of guanidine groups is 1. The summed E-state index contributed by atoms with van der Waals surface area (Å²) in [5.41, 5.74) is 1.01. The molecule has 0 aliphatic carbocycles. The number of hydrogen-bond donors (Lipinski definition) is 3. The Labute approximate surface area is 190 Å². The molecule has 1 aromatic rings. The van der Waals surface area contributed by atoms with E-state index in [1.807, 2.05) is 25.1 Å². The van der Waals surface area contributed by atoms with Crippen LogP contribution in [-0.4, -0.2) is 70.4 Å². The van der Waals surface area contributed by atoms with Gasteiger partial charge in [-0.15, -0.1) is 24.0 Å². The van der Waals surface area contributed by atoms with Gasteiger partial charge >= 0.3 is 0 Å². The maximum Gasteiger partial charge on any atom is 0.191 e. The van der Waals surface area contributed by atoms with Crippen LogP contribution in [0.2, 0.25) is 0 Å². The Hall–Kier alpha value is -1.30. The van der Waals surface area contributed by atoms with Crippen LogP contribution >= 0.6 is 24.0 Å². The molecular weight excluding hydrogens is 489 g/mol. The van der Waals surface area contributed by atoms with Gasteiger partial charge in [0.15, 0.2) is 17.5 Å². The molecule has 1 aromatic carbocycles. The number of nitrogens with zero attached hydrogens (tertiary/aromatic N) is 1. The summed E-state index contributed by atoms with van der Waals surface area (Å²) in [6, 6.07) is 5.68. The fraction of sp³-hybridized carbons (Fsp3) is 0.650. The summed E-state index contributed by atoms with van der Waals surface area (Å²) in [5.74, 6) is 2.01. The van der Waals surface area contributed by atoms with Gasteiger partial charge in [0.25, 0.3) is 0 Å². The molecule has 3 N–H and O–H groups in total. The number of aliphatic hydroxyl groups is 1. The minimum Gasteiger partial charge on any atom is -0.493 e. The van der Waals surface area contributed by atoms with Crippen LogP contribution in [0.4, 0.5) is 0 Å². The zero-order valence-corrected chi connectivity index (χ0v) is 19.6. The first-order valence-corrected chi connectivity index (χ1v) is 9.89. The van der Waals surface area contributed by atoms with E-state index in [1.54, 1.807) is 7.11 Å². The lowest BCUT2D eigenvalue weighted by Gasteiger charge is -2.13. The van der Waals surface area contributed by atoms with Crippen molar-refractivity contribution < 1.29 is 24.1 Å². The number of aliphatic hydroxyl groups excluding tert-OH is 1. The number of nitrogens with one attached hydrogen (secondary N) is 2. The number of rotatable bonds is 12. The second kappa shape index (κ2) is 15.5. The van der Waals surface area contributed by atoms with Crippen molar-refractivity contribution in [3.05, 3.63) is 23.8 Å². The number of methoxy groups -OCH3 is 1. The Kier molecular flexibility index (Phi) is 13.8. The highest BCUT2D eigenvalue weighted by Crippen LogP contribution is 2.28. The summed E-state index contributed by atoms with van der Waals surface area (Å²) in [6.45, 7) is 6.57. The molecule has 1 unspecified atom stereocenters. The third-order valence-electron chi connectivity index (χ3n) is 4.20. The Morgan fingerprint density at radius 2 is 2.14 bits per heavy atom. The van der Waals surface area contributed by atoms with Crippen LogP contribution in [0.1, 0.15) is 25.3 Å². The lowest BCUT2D eigenvalue weighted by atomic mass is 10.2. The van der Waals surface area contributed by atoms with E-state index in [0.29, 0.717) is 31.3 Å². The van der Waals surface area contributed by atoms with Crippen molar-refractivity contribution in [1.29, 1.82) is 0 Å². The van der Waals surface area contributed by atoms with E-state index < -0.39 is 0 Å². The largest absolute Gasteiger partial charge is 0.493 e. The van der Waals surface area contributed by atoms with Crippen LogP contribution in [0.3, 0.4) is 0 Å². The molecule has 0 spiro atoms. The molecule has 1 fully saturated rings. The minimum atomic E-state index is -0.0353. The highest BCUT2D eigenvalue weighted by Gasteiger charge is 2.15. The second-order valence-corrected chi connectivity index (χ2v) is 6.39. The van der Waals surface area contributed by atoms with Gasteiger partial charge in [0.05, 0.1) is 33.0 Å². The standard InChI is InChI=1S/C20H33N3O5.HI/c1-3-21-20(22-8-4-10-27-17-7-11-26-15-17)23-14-16-5-6-18(28-12-9-24)19(13-16)25-2;/h5-6,13,17,24H,3-4,7-12,14-15H2,1-2H3,(H2,21,22,23);1H. The monoisotopic (exact) mass is 523 g/mol. The Balaban J connectivity index is 0.00000420. The molecule has 1 aliphatic heterocycles. The first kappa shape index (κ1) is 25.7. The van der Waals surface area contributed by atoms with Crippen molar-refractivity contribution in [1.82, 2.24) is 10.6 Å². The molecule has 29 heavy (non-hydrogen) atoms. The number of aliphatic imine (C=N–C) groups is 1. The topological polar surface area (TPSA) is 93.6 Å². The van der Waals surface area contributed by atoms with E-state index in [0.717, 1.165) is 44.1 Å². The first-order valence-electron chi connectivity index (χ1n) is 9.89. The van der Waals surface area contributed by atoms with Gasteiger partial charge in [0, 0.05) is 26.3 Å². The van der Waals surface area contributed by atoms with Gasteiger partial charge in [0.1, 0.15) is 6.61 Å². The van der Waals surface area contributed by atoms with Gasteiger partial charge in [-0.2, -0.15) is 0 Å². The van der Waals surface area contributed by atoms with Gasteiger partial charge in [0.2, 0.25) is 0 Å². The zero-order chi connectivity index (χ0) is 20.0. The summed E-state index contributed by atoms with van der Waals surface area (Å²) in [5, 5.41) is 15.5. The predicted molar refractivity (Wildman–Crippen MR) is 124 cm³/mol. The molecule has 8 nitrogen and oxygen atoms in total. The van der Waals surface area contributed by atoms with Gasteiger partial charge in [-0.1, -0.05) is 6.07 Å². The summed E-state index contributed by atoms with van der Waals surface area (Å²) >= 11 is 0. The van der Waals surface area contributed by atoms with Crippen LogP contribution < -0.4 is 20.1 Å². The average molecular weight is 523 g/mol. The first-order chi connectivity index (χ1) is 13.8. The van der Waals surface area contributed by atoms with Crippen LogP contribution in [0.25, 0.3) is 0 Å². The van der Waals surface area contributed by atoms with Crippen LogP contribution in [0, 0.1) is 0 Å². The normalized spacial score (nSPS) is 16.2. The van der Waals surface area contributed by atoms with Crippen molar-refractivity contribution in [2.24, 2.45) is 4.99 Å². The maximum absolute atomic E-state index is 8.89. The Bertz CT molecular complexity index is 597. The lowest BCUT2D eigenvalue weighted by Crippen LogP contribution is -2.38. The van der Waals surface area contributed by atoms with Crippen molar-refractivity contribution in [2.75, 3.05) is 53.2 Å². The molecule has 166 valence electrons. The van der Waals surface area contributed by atoms with Gasteiger partial charge < -0.3 is 34.7 Å². The predicted octanol–water partition coefficient (Wildman–Crippen LogP) is 1.94. The van der Waals surface area contributed by atoms with Gasteiger partial charge in [-0.25, -0.2) is 4.99 Å². The zero-order valence-electron chi connectivity index (χ0n) is 17.3. The SMILES string of the molecule is CCNC(=NCc1ccc(OCCO)c(OC)c1)NCCCOC1CCOC1.I. The highest BCUT2D eigenvalue weighted by atomic mass is 127. The van der Waals surface area contributed by atoms with E-state index in [9.17, 15) is 0 Å². The lowest BCUT2D eigenvalue weighted by molar-refractivity contribution is 0.0420. The molecule has 0 radical (unpaired) electrons. The third-order valence-corrected chi connectivity index (χ3v) is 4.20. The smallest absolute Gasteiger partial charge is 0.191 e. The van der Waals surface area contributed by atoms with Gasteiger partial charge in [-0.3, -0.25) is 0 Å². The number of hydrogen-bond acceptors (Lipinski definition) is 6. The van der Waals surface area contributed by atoms with Crippen molar-refractivity contribution in [2.45, 2.75) is 32.4 Å². The summed E-state index contributed by atoms with van der Waals surface area (Å²) < 4.78 is 21.9. The van der Waals surface area contributed by atoms with Crippen molar-refractivity contribution in [3.63, 3.8) is 0 Å². The van der Waals surface area contributed by atoms with E-state index in [4.69, 9.17) is 24.1 Å². The quantitative estimate of drug-likeness (QED) is 0.167. The Morgan fingerprint density at radius 3 is 2.83 bits per heavy atom. The third kappa shape index (κ3) is 9.83. The van der Waals surface area contributed by atoms with Crippen molar-refractivity contribution in [3.8, 4) is 11.5 Å². The molecular formula is C20H34IN3O5. The molecule has 0 bridgehead atoms. The molecule has 1 aliphatic rings. The number of ether oxygens (including phenoxy) is 4. The molecule has 9 heteroatoms. The fourth-order valence-corrected chi connectivity index (χ4v) is 2.77. The highest BCUT2D eigenvalue weighted by molar-refractivity contribution is 14.0. The molecule has 0 amide bonds. The molecule has 1 heterocycles. The van der Waals surface area contributed by atoms with Gasteiger partial charge in [-0.05, 0) is 37.5 Å². The van der Waals surface area contributed by atoms with Crippen molar-refractivity contribution >= 4 is 29.9 Å². The molecule has 0 aromatic heterocycles. The molecule has 0 saturated carbocycles. The minimum absolute atomic E-state index is 0. The maximum atomic E-state index is 8.89. The van der Waals surface area contributed by atoms with E-state index >= 15 is 0 Å². The summed E-state index contributed by atoms with van der Waals surface area (Å²) in [6.07, 6.45) is 2.15. The molecule has 2 rings (SSSR count). The fourth-order valence-electron chi connectivity index (χ4n) is 2.77. The van der Waals surface area contributed by atoms with E-state index in [-0.39, 0.29) is 43.3 Å².